The number of fused-ring (bicyclic) bond motifs is 3. The van der Waals surface area contributed by atoms with E-state index in [1.165, 1.54) is 6.07 Å². The van der Waals surface area contributed by atoms with Crippen LogP contribution in [-0.2, 0) is 0 Å². The molecule has 0 amide bonds. The Labute approximate surface area is 172 Å². The molecule has 0 aliphatic carbocycles. The van der Waals surface area contributed by atoms with Crippen LogP contribution in [0.1, 0.15) is 11.7 Å². The van der Waals surface area contributed by atoms with Crippen molar-refractivity contribution in [1.29, 1.82) is 0 Å². The molecular formula is C22H15Cl2N3O. The van der Waals surface area contributed by atoms with Crippen LogP contribution in [0.5, 0.6) is 5.75 Å². The van der Waals surface area contributed by atoms with Gasteiger partial charge in [-0.2, -0.15) is 5.10 Å². The van der Waals surface area contributed by atoms with Gasteiger partial charge in [0.1, 0.15) is 5.75 Å². The Hall–Kier alpha value is -2.95. The van der Waals surface area contributed by atoms with E-state index in [0.29, 0.717) is 10.6 Å². The number of anilines is 1. The second-order valence-corrected chi connectivity index (χ2v) is 7.49. The summed E-state index contributed by atoms with van der Waals surface area (Å²) in [5.41, 5.74) is 5.39. The Balaban J connectivity index is 1.74. The van der Waals surface area contributed by atoms with Crippen LogP contribution in [0.4, 0.5) is 5.69 Å². The number of hydrogen-bond donors (Lipinski definition) is 2. The molecular weight excluding hydrogens is 393 g/mol. The largest absolute Gasteiger partial charge is 0.506 e. The highest BCUT2D eigenvalue weighted by molar-refractivity contribution is 6.35. The van der Waals surface area contributed by atoms with E-state index < -0.39 is 6.17 Å². The van der Waals surface area contributed by atoms with Gasteiger partial charge in [-0.15, -0.1) is 0 Å². The average Bonchev–Trinajstić information content (AvgIpc) is 3.16. The molecule has 4 aromatic rings. The number of aromatic hydroxyl groups is 1. The molecule has 1 aromatic heterocycles. The number of halogens is 2. The molecule has 1 aliphatic heterocycles. The zero-order valence-corrected chi connectivity index (χ0v) is 16.1. The van der Waals surface area contributed by atoms with E-state index in [1.54, 1.807) is 6.07 Å². The molecule has 6 heteroatoms. The number of phenolic OH excluding ortho intramolecular Hbond substituents is 1. The van der Waals surface area contributed by atoms with Crippen molar-refractivity contribution in [2.45, 2.75) is 6.17 Å². The molecule has 3 aromatic carbocycles. The lowest BCUT2D eigenvalue weighted by Gasteiger charge is -2.29. The predicted molar refractivity (Wildman–Crippen MR) is 113 cm³/mol. The lowest BCUT2D eigenvalue weighted by atomic mass is 10.0. The third-order valence-corrected chi connectivity index (χ3v) is 5.40. The Kier molecular flexibility index (Phi) is 4.04. The molecule has 0 saturated carbocycles. The van der Waals surface area contributed by atoms with Gasteiger partial charge in [0.25, 0.3) is 0 Å². The van der Waals surface area contributed by atoms with Crippen molar-refractivity contribution in [2.75, 3.05) is 5.32 Å². The Bertz CT molecular complexity index is 1190. The molecule has 1 atom stereocenters. The van der Waals surface area contributed by atoms with E-state index >= 15 is 0 Å². The van der Waals surface area contributed by atoms with Crippen LogP contribution in [0.2, 0.25) is 10.0 Å². The standard InChI is InChI=1S/C22H15Cl2N3O/c23-14-10-16(21(28)17(24)11-14)22-25-18-9-5-4-8-15(18)20-12-19(26-27(20)22)13-6-2-1-3-7-13/h1-12,22,25,28H. The van der Waals surface area contributed by atoms with E-state index in [4.69, 9.17) is 28.3 Å². The normalized spacial score (nSPS) is 14.9. The van der Waals surface area contributed by atoms with Gasteiger partial charge >= 0.3 is 0 Å². The highest BCUT2D eigenvalue weighted by Crippen LogP contribution is 2.43. The van der Waals surface area contributed by atoms with E-state index in [-0.39, 0.29) is 10.8 Å². The van der Waals surface area contributed by atoms with E-state index in [2.05, 4.69) is 11.4 Å². The average molecular weight is 408 g/mol. The number of hydrogen-bond acceptors (Lipinski definition) is 3. The SMILES string of the molecule is Oc1c(Cl)cc(Cl)cc1C1Nc2ccccc2-c2cc(-c3ccccc3)nn21. The minimum atomic E-state index is -0.446. The van der Waals surface area contributed by atoms with Crippen molar-refractivity contribution in [3.63, 3.8) is 0 Å². The summed E-state index contributed by atoms with van der Waals surface area (Å²) in [6.07, 6.45) is -0.446. The summed E-state index contributed by atoms with van der Waals surface area (Å²) < 4.78 is 1.87. The predicted octanol–water partition coefficient (Wildman–Crippen LogP) is 6.20. The van der Waals surface area contributed by atoms with E-state index in [0.717, 1.165) is 28.2 Å². The molecule has 1 unspecified atom stereocenters. The molecule has 28 heavy (non-hydrogen) atoms. The highest BCUT2D eigenvalue weighted by atomic mass is 35.5. The van der Waals surface area contributed by atoms with Crippen molar-refractivity contribution in [1.82, 2.24) is 9.78 Å². The summed E-state index contributed by atoms with van der Waals surface area (Å²) in [7, 11) is 0. The molecule has 0 bridgehead atoms. The van der Waals surface area contributed by atoms with Gasteiger partial charge in [-0.3, -0.25) is 0 Å². The first kappa shape index (κ1) is 17.2. The van der Waals surface area contributed by atoms with Gasteiger partial charge in [-0.05, 0) is 24.3 Å². The van der Waals surface area contributed by atoms with Crippen molar-refractivity contribution < 1.29 is 5.11 Å². The maximum Gasteiger partial charge on any atom is 0.151 e. The number of phenols is 1. The number of benzene rings is 3. The molecule has 0 spiro atoms. The quantitative estimate of drug-likeness (QED) is 0.415. The second-order valence-electron chi connectivity index (χ2n) is 6.64. The maximum absolute atomic E-state index is 10.6. The third-order valence-electron chi connectivity index (χ3n) is 4.90. The fraction of sp³-hybridized carbons (Fsp3) is 0.0455. The van der Waals surface area contributed by atoms with Gasteiger partial charge in [0, 0.05) is 27.4 Å². The van der Waals surface area contributed by atoms with E-state index in [1.807, 2.05) is 59.3 Å². The molecule has 1 aliphatic rings. The number of nitrogens with zero attached hydrogens (tertiary/aromatic N) is 2. The topological polar surface area (TPSA) is 50.1 Å². The Morgan fingerprint density at radius 3 is 2.50 bits per heavy atom. The number of para-hydroxylation sites is 1. The first-order valence-corrected chi connectivity index (χ1v) is 9.56. The van der Waals surface area contributed by atoms with Gasteiger partial charge in [0.2, 0.25) is 0 Å². The number of nitrogens with one attached hydrogen (secondary N) is 1. The fourth-order valence-electron chi connectivity index (χ4n) is 3.59. The van der Waals surface area contributed by atoms with E-state index in [9.17, 15) is 5.11 Å². The Morgan fingerprint density at radius 1 is 0.929 bits per heavy atom. The van der Waals surface area contributed by atoms with Gasteiger partial charge in [0.15, 0.2) is 6.17 Å². The Morgan fingerprint density at radius 2 is 1.68 bits per heavy atom. The van der Waals surface area contributed by atoms with Gasteiger partial charge in [0.05, 0.1) is 16.4 Å². The van der Waals surface area contributed by atoms with Crippen LogP contribution in [0.3, 0.4) is 0 Å². The first-order chi connectivity index (χ1) is 13.6. The smallest absolute Gasteiger partial charge is 0.151 e. The molecule has 138 valence electrons. The first-order valence-electron chi connectivity index (χ1n) is 8.80. The molecule has 4 nitrogen and oxygen atoms in total. The second kappa shape index (κ2) is 6.59. The lowest BCUT2D eigenvalue weighted by molar-refractivity contribution is 0.453. The summed E-state index contributed by atoms with van der Waals surface area (Å²) in [6, 6.07) is 23.3. The molecule has 0 fully saturated rings. The molecule has 5 rings (SSSR count). The van der Waals surface area contributed by atoms with Crippen LogP contribution in [0, 0.1) is 0 Å². The van der Waals surface area contributed by atoms with Crippen molar-refractivity contribution in [3.8, 4) is 28.3 Å². The van der Waals surface area contributed by atoms with Crippen LogP contribution >= 0.6 is 23.2 Å². The van der Waals surface area contributed by atoms with Crippen molar-refractivity contribution >= 4 is 28.9 Å². The molecule has 2 N–H and O–H groups in total. The summed E-state index contributed by atoms with van der Waals surface area (Å²) in [6.45, 7) is 0. The monoisotopic (exact) mass is 407 g/mol. The zero-order valence-electron chi connectivity index (χ0n) is 14.6. The van der Waals surface area contributed by atoms with Gasteiger partial charge in [-0.25, -0.2) is 4.68 Å². The van der Waals surface area contributed by atoms with Crippen LogP contribution < -0.4 is 5.32 Å². The minimum absolute atomic E-state index is 0.00865. The van der Waals surface area contributed by atoms with Gasteiger partial charge < -0.3 is 10.4 Å². The third kappa shape index (κ3) is 2.73. The molecule has 2 heterocycles. The molecule has 0 radical (unpaired) electrons. The number of rotatable bonds is 2. The molecule has 0 saturated heterocycles. The number of aromatic nitrogens is 2. The van der Waals surface area contributed by atoms with Crippen LogP contribution in [-0.4, -0.2) is 14.9 Å². The fourth-order valence-corrected chi connectivity index (χ4v) is 4.10. The minimum Gasteiger partial charge on any atom is -0.506 e. The zero-order chi connectivity index (χ0) is 19.3. The highest BCUT2D eigenvalue weighted by Gasteiger charge is 2.29. The van der Waals surface area contributed by atoms with Crippen molar-refractivity contribution in [3.05, 3.63) is 88.4 Å². The maximum atomic E-state index is 10.6. The van der Waals surface area contributed by atoms with Crippen LogP contribution in [0.15, 0.2) is 72.8 Å². The van der Waals surface area contributed by atoms with Crippen LogP contribution in [0.25, 0.3) is 22.5 Å². The summed E-state index contributed by atoms with van der Waals surface area (Å²) in [5, 5.41) is 19.6. The summed E-state index contributed by atoms with van der Waals surface area (Å²) >= 11 is 12.4. The van der Waals surface area contributed by atoms with Crippen molar-refractivity contribution in [2.24, 2.45) is 0 Å². The lowest BCUT2D eigenvalue weighted by Crippen LogP contribution is -2.25. The summed E-state index contributed by atoms with van der Waals surface area (Å²) in [4.78, 5) is 0. The van der Waals surface area contributed by atoms with Gasteiger partial charge in [-0.1, -0.05) is 71.7 Å². The summed E-state index contributed by atoms with van der Waals surface area (Å²) in [5.74, 6) is -0.00865.